The molecule has 1 aliphatic carbocycles. The number of hydrogen-bond acceptors (Lipinski definition) is 4. The first kappa shape index (κ1) is 16.6. The third kappa shape index (κ3) is 3.64. The zero-order valence-electron chi connectivity index (χ0n) is 13.7. The second-order valence-electron chi connectivity index (χ2n) is 6.42. The Balaban J connectivity index is 1.52. The predicted octanol–water partition coefficient (Wildman–Crippen LogP) is 3.38. The number of aromatic carboxylic acids is 1. The molecule has 0 radical (unpaired) electrons. The molecule has 2 atom stereocenters. The minimum atomic E-state index is -1.05. The van der Waals surface area contributed by atoms with E-state index in [0.717, 1.165) is 6.42 Å². The van der Waals surface area contributed by atoms with Gasteiger partial charge in [0.05, 0.1) is 6.54 Å². The lowest BCUT2D eigenvalue weighted by Gasteiger charge is -2.07. The summed E-state index contributed by atoms with van der Waals surface area (Å²) in [5.41, 5.74) is 2.54. The van der Waals surface area contributed by atoms with Gasteiger partial charge in [0, 0.05) is 11.3 Å². The second-order valence-corrected chi connectivity index (χ2v) is 7.36. The fourth-order valence-electron chi connectivity index (χ4n) is 2.77. The zero-order valence-corrected chi connectivity index (χ0v) is 14.5. The van der Waals surface area contributed by atoms with Crippen molar-refractivity contribution in [3.05, 3.63) is 51.5 Å². The number of carbonyl (C=O) groups excluding carboxylic acids is 1. The van der Waals surface area contributed by atoms with Crippen LogP contribution in [0.5, 0.6) is 0 Å². The summed E-state index contributed by atoms with van der Waals surface area (Å²) in [6.45, 7) is 4.61. The molecule has 2 aromatic rings. The van der Waals surface area contributed by atoms with E-state index >= 15 is 0 Å². The Morgan fingerprint density at radius 2 is 2.04 bits per heavy atom. The number of hydrogen-bond donors (Lipinski definition) is 2. The SMILES string of the molecule is CC(C)c1ccc([C@H]2C[C@@H]2C(=O)NCc2nc(C(=O)O)cs2)cc1. The Morgan fingerprint density at radius 1 is 1.33 bits per heavy atom. The van der Waals surface area contributed by atoms with Gasteiger partial charge in [-0.3, -0.25) is 4.79 Å². The van der Waals surface area contributed by atoms with E-state index in [2.05, 4.69) is 48.4 Å². The predicted molar refractivity (Wildman–Crippen MR) is 92.3 cm³/mol. The number of thiazole rings is 1. The van der Waals surface area contributed by atoms with Crippen molar-refractivity contribution in [2.75, 3.05) is 0 Å². The maximum atomic E-state index is 12.2. The van der Waals surface area contributed by atoms with Gasteiger partial charge in [0.2, 0.25) is 5.91 Å². The fourth-order valence-corrected chi connectivity index (χ4v) is 3.47. The molecule has 0 unspecified atom stereocenters. The molecule has 1 amide bonds. The van der Waals surface area contributed by atoms with Crippen LogP contribution in [0.2, 0.25) is 0 Å². The lowest BCUT2D eigenvalue weighted by Crippen LogP contribution is -2.24. The van der Waals surface area contributed by atoms with Gasteiger partial charge in [0.25, 0.3) is 0 Å². The zero-order chi connectivity index (χ0) is 17.3. The van der Waals surface area contributed by atoms with Crippen molar-refractivity contribution >= 4 is 23.2 Å². The van der Waals surface area contributed by atoms with Crippen LogP contribution in [-0.2, 0) is 11.3 Å². The molecular formula is C18H20N2O3S. The molecule has 1 aromatic heterocycles. The largest absolute Gasteiger partial charge is 0.476 e. The summed E-state index contributed by atoms with van der Waals surface area (Å²) in [4.78, 5) is 27.0. The van der Waals surface area contributed by atoms with Crippen LogP contribution < -0.4 is 5.32 Å². The molecule has 6 heteroatoms. The molecule has 126 valence electrons. The molecule has 3 rings (SSSR count). The summed E-state index contributed by atoms with van der Waals surface area (Å²) in [7, 11) is 0. The Morgan fingerprint density at radius 3 is 2.62 bits per heavy atom. The third-order valence-electron chi connectivity index (χ3n) is 4.34. The van der Waals surface area contributed by atoms with Crippen molar-refractivity contribution < 1.29 is 14.7 Å². The number of aromatic nitrogens is 1. The van der Waals surface area contributed by atoms with E-state index in [-0.39, 0.29) is 30.0 Å². The van der Waals surface area contributed by atoms with Crippen molar-refractivity contribution in [3.8, 4) is 0 Å². The molecule has 0 bridgehead atoms. The third-order valence-corrected chi connectivity index (χ3v) is 5.19. The van der Waals surface area contributed by atoms with Gasteiger partial charge in [-0.05, 0) is 29.4 Å². The molecule has 2 N–H and O–H groups in total. The summed E-state index contributed by atoms with van der Waals surface area (Å²) in [6, 6.07) is 8.51. The second kappa shape index (κ2) is 6.73. The molecule has 24 heavy (non-hydrogen) atoms. The van der Waals surface area contributed by atoms with Crippen molar-refractivity contribution in [1.29, 1.82) is 0 Å². The van der Waals surface area contributed by atoms with Gasteiger partial charge in [0.1, 0.15) is 5.01 Å². The number of nitrogens with zero attached hydrogens (tertiary/aromatic N) is 1. The standard InChI is InChI=1S/C18H20N2O3S/c1-10(2)11-3-5-12(6-4-11)13-7-14(13)17(21)19-8-16-20-15(9-24-16)18(22)23/h3-6,9-10,13-14H,7-8H2,1-2H3,(H,19,21)(H,22,23)/t13-,14+/m1/s1. The van der Waals surface area contributed by atoms with Gasteiger partial charge in [-0.1, -0.05) is 38.1 Å². The quantitative estimate of drug-likeness (QED) is 0.842. The van der Waals surface area contributed by atoms with Crippen LogP contribution in [0.1, 0.15) is 58.7 Å². The van der Waals surface area contributed by atoms with Crippen LogP contribution in [0.25, 0.3) is 0 Å². The van der Waals surface area contributed by atoms with Crippen molar-refractivity contribution in [1.82, 2.24) is 10.3 Å². The smallest absolute Gasteiger partial charge is 0.355 e. The molecule has 1 heterocycles. The van der Waals surface area contributed by atoms with Gasteiger partial charge >= 0.3 is 5.97 Å². The van der Waals surface area contributed by atoms with Gasteiger partial charge < -0.3 is 10.4 Å². The van der Waals surface area contributed by atoms with E-state index in [1.807, 2.05) is 0 Å². The molecule has 1 fully saturated rings. The van der Waals surface area contributed by atoms with Crippen LogP contribution in [0, 0.1) is 5.92 Å². The highest BCUT2D eigenvalue weighted by molar-refractivity contribution is 7.09. The Hall–Kier alpha value is -2.21. The van der Waals surface area contributed by atoms with Crippen molar-refractivity contribution in [3.63, 3.8) is 0 Å². The molecule has 0 saturated heterocycles. The summed E-state index contributed by atoms with van der Waals surface area (Å²) in [5.74, 6) is -0.229. The highest BCUT2D eigenvalue weighted by Crippen LogP contribution is 2.47. The first-order chi connectivity index (χ1) is 11.5. The normalized spacial score (nSPS) is 19.3. The van der Waals surface area contributed by atoms with Crippen LogP contribution in [0.3, 0.4) is 0 Å². The number of amides is 1. The van der Waals surface area contributed by atoms with E-state index in [4.69, 9.17) is 5.11 Å². The number of carboxylic acid groups (broad SMARTS) is 1. The van der Waals surface area contributed by atoms with Crippen molar-refractivity contribution in [2.45, 2.75) is 38.6 Å². The molecule has 5 nitrogen and oxygen atoms in total. The molecule has 1 aliphatic rings. The van der Waals surface area contributed by atoms with Crippen molar-refractivity contribution in [2.24, 2.45) is 5.92 Å². The van der Waals surface area contributed by atoms with Crippen LogP contribution in [0.4, 0.5) is 0 Å². The van der Waals surface area contributed by atoms with Crippen LogP contribution in [-0.4, -0.2) is 22.0 Å². The fraction of sp³-hybridized carbons (Fsp3) is 0.389. The summed E-state index contributed by atoms with van der Waals surface area (Å²) >= 11 is 1.25. The maximum Gasteiger partial charge on any atom is 0.355 e. The Labute approximate surface area is 144 Å². The average molecular weight is 344 g/mol. The Bertz CT molecular complexity index is 752. The first-order valence-corrected chi connectivity index (χ1v) is 8.89. The van der Waals surface area contributed by atoms with E-state index in [0.29, 0.717) is 10.9 Å². The molecule has 1 saturated carbocycles. The average Bonchev–Trinajstić information content (AvgIpc) is 3.22. The van der Waals surface area contributed by atoms with Gasteiger partial charge in [-0.15, -0.1) is 11.3 Å². The van der Waals surface area contributed by atoms with E-state index in [9.17, 15) is 9.59 Å². The molecular weight excluding hydrogens is 324 g/mol. The monoisotopic (exact) mass is 344 g/mol. The number of nitrogens with one attached hydrogen (secondary N) is 1. The highest BCUT2D eigenvalue weighted by Gasteiger charge is 2.43. The van der Waals surface area contributed by atoms with Gasteiger partial charge in [-0.2, -0.15) is 0 Å². The van der Waals surface area contributed by atoms with Gasteiger partial charge in [0.15, 0.2) is 5.69 Å². The number of carboxylic acids is 1. The lowest BCUT2D eigenvalue weighted by molar-refractivity contribution is -0.122. The van der Waals surface area contributed by atoms with E-state index in [1.165, 1.54) is 27.8 Å². The first-order valence-electron chi connectivity index (χ1n) is 8.01. The number of rotatable bonds is 6. The number of benzene rings is 1. The van der Waals surface area contributed by atoms with Crippen LogP contribution >= 0.6 is 11.3 Å². The minimum Gasteiger partial charge on any atom is -0.476 e. The molecule has 1 aromatic carbocycles. The molecule has 0 aliphatic heterocycles. The highest BCUT2D eigenvalue weighted by atomic mass is 32.1. The van der Waals surface area contributed by atoms with Gasteiger partial charge in [-0.25, -0.2) is 9.78 Å². The Kier molecular flexibility index (Phi) is 4.66. The van der Waals surface area contributed by atoms with E-state index < -0.39 is 5.97 Å². The van der Waals surface area contributed by atoms with Crippen LogP contribution in [0.15, 0.2) is 29.6 Å². The number of carbonyl (C=O) groups is 2. The summed E-state index contributed by atoms with van der Waals surface area (Å²) in [5, 5.41) is 13.8. The van der Waals surface area contributed by atoms with E-state index in [1.54, 1.807) is 0 Å². The molecule has 0 spiro atoms. The minimum absolute atomic E-state index is 0.00815. The summed E-state index contributed by atoms with van der Waals surface area (Å²) in [6.07, 6.45) is 0.866. The topological polar surface area (TPSA) is 79.3 Å². The lowest BCUT2D eigenvalue weighted by atomic mass is 10.00. The summed E-state index contributed by atoms with van der Waals surface area (Å²) < 4.78 is 0. The maximum absolute atomic E-state index is 12.2.